The van der Waals surface area contributed by atoms with Gasteiger partial charge >= 0.3 is 6.03 Å². The normalized spacial score (nSPS) is 25.2. The fraction of sp³-hybridized carbons (Fsp3) is 0.533. The highest BCUT2D eigenvalue weighted by molar-refractivity contribution is 5.89. The number of urea groups is 1. The van der Waals surface area contributed by atoms with Gasteiger partial charge in [0.05, 0.1) is 0 Å². The lowest BCUT2D eigenvalue weighted by molar-refractivity contribution is 0.217. The Bertz CT molecular complexity index is 442. The molecular weight excluding hydrogens is 224 g/mol. The highest BCUT2D eigenvalue weighted by atomic mass is 16.2. The van der Waals surface area contributed by atoms with Crippen molar-refractivity contribution >= 4 is 11.7 Å². The van der Waals surface area contributed by atoms with Crippen LogP contribution in [0.2, 0.25) is 0 Å². The number of anilines is 1. The van der Waals surface area contributed by atoms with Crippen LogP contribution in [-0.4, -0.2) is 24.0 Å². The van der Waals surface area contributed by atoms with Crippen LogP contribution >= 0.6 is 0 Å². The number of carbonyl (C=O) groups excluding carboxylic acids is 1. The van der Waals surface area contributed by atoms with Gasteiger partial charge in [0.1, 0.15) is 0 Å². The van der Waals surface area contributed by atoms with E-state index in [2.05, 4.69) is 31.3 Å². The van der Waals surface area contributed by atoms with Crippen molar-refractivity contribution in [1.29, 1.82) is 0 Å². The van der Waals surface area contributed by atoms with E-state index in [1.54, 1.807) is 0 Å². The molecule has 2 amide bonds. The predicted molar refractivity (Wildman–Crippen MR) is 72.7 cm³/mol. The van der Waals surface area contributed by atoms with Gasteiger partial charge in [-0.2, -0.15) is 0 Å². The first-order valence-electron chi connectivity index (χ1n) is 6.79. The predicted octanol–water partition coefficient (Wildman–Crippen LogP) is 3.29. The lowest BCUT2D eigenvalue weighted by atomic mass is 10.0. The SMILES string of the molecule is CC(C)c1ccc(NC(=O)N2CC3CC3C2)cc1. The Kier molecular flexibility index (Phi) is 2.77. The van der Waals surface area contributed by atoms with Crippen molar-refractivity contribution in [2.24, 2.45) is 11.8 Å². The molecule has 18 heavy (non-hydrogen) atoms. The number of benzene rings is 1. The zero-order chi connectivity index (χ0) is 12.7. The molecule has 2 fully saturated rings. The van der Waals surface area contributed by atoms with Gasteiger partial charge in [0.2, 0.25) is 0 Å². The molecule has 0 bridgehead atoms. The first kappa shape index (κ1) is 11.6. The smallest absolute Gasteiger partial charge is 0.321 e. The second kappa shape index (κ2) is 4.30. The van der Waals surface area contributed by atoms with Gasteiger partial charge in [-0.15, -0.1) is 0 Å². The molecule has 1 heterocycles. The number of amides is 2. The zero-order valence-electron chi connectivity index (χ0n) is 11.0. The summed E-state index contributed by atoms with van der Waals surface area (Å²) in [6.45, 7) is 6.23. The van der Waals surface area contributed by atoms with Crippen LogP contribution in [0.25, 0.3) is 0 Å². The molecule has 1 aromatic carbocycles. The number of hydrogen-bond acceptors (Lipinski definition) is 1. The average molecular weight is 244 g/mol. The van der Waals surface area contributed by atoms with Crippen LogP contribution in [0, 0.1) is 11.8 Å². The van der Waals surface area contributed by atoms with Crippen molar-refractivity contribution in [3.05, 3.63) is 29.8 Å². The summed E-state index contributed by atoms with van der Waals surface area (Å²) in [6.07, 6.45) is 1.33. The van der Waals surface area contributed by atoms with E-state index in [1.807, 2.05) is 17.0 Å². The quantitative estimate of drug-likeness (QED) is 0.850. The van der Waals surface area contributed by atoms with E-state index in [-0.39, 0.29) is 6.03 Å². The molecule has 1 aliphatic heterocycles. The van der Waals surface area contributed by atoms with E-state index in [0.29, 0.717) is 5.92 Å². The van der Waals surface area contributed by atoms with Crippen molar-refractivity contribution in [1.82, 2.24) is 4.90 Å². The molecular formula is C15H20N2O. The van der Waals surface area contributed by atoms with Crippen LogP contribution in [0.3, 0.4) is 0 Å². The van der Waals surface area contributed by atoms with Gasteiger partial charge < -0.3 is 10.2 Å². The highest BCUT2D eigenvalue weighted by Gasteiger charge is 2.46. The Morgan fingerprint density at radius 1 is 1.22 bits per heavy atom. The maximum atomic E-state index is 12.0. The van der Waals surface area contributed by atoms with Gasteiger partial charge in [0.15, 0.2) is 0 Å². The largest absolute Gasteiger partial charge is 0.324 e. The summed E-state index contributed by atoms with van der Waals surface area (Å²) in [7, 11) is 0. The second-order valence-corrected chi connectivity index (χ2v) is 5.87. The monoisotopic (exact) mass is 244 g/mol. The van der Waals surface area contributed by atoms with Crippen LogP contribution in [0.1, 0.15) is 31.7 Å². The maximum Gasteiger partial charge on any atom is 0.321 e. The molecule has 0 aromatic heterocycles. The van der Waals surface area contributed by atoms with Crippen molar-refractivity contribution < 1.29 is 4.79 Å². The third-order valence-electron chi connectivity index (χ3n) is 4.09. The molecule has 0 spiro atoms. The summed E-state index contributed by atoms with van der Waals surface area (Å²) in [6, 6.07) is 8.21. The number of rotatable bonds is 2. The molecule has 3 nitrogen and oxygen atoms in total. The molecule has 1 N–H and O–H groups in total. The van der Waals surface area contributed by atoms with Gasteiger partial charge in [0, 0.05) is 18.8 Å². The molecule has 2 unspecified atom stereocenters. The van der Waals surface area contributed by atoms with Gasteiger partial charge in [-0.05, 0) is 41.9 Å². The van der Waals surface area contributed by atoms with E-state index in [0.717, 1.165) is 30.6 Å². The van der Waals surface area contributed by atoms with Gasteiger partial charge in [-0.1, -0.05) is 26.0 Å². The number of hydrogen-bond donors (Lipinski definition) is 1. The molecule has 1 aromatic rings. The number of nitrogens with zero attached hydrogens (tertiary/aromatic N) is 1. The minimum absolute atomic E-state index is 0.0551. The zero-order valence-corrected chi connectivity index (χ0v) is 11.0. The fourth-order valence-electron chi connectivity index (χ4n) is 2.72. The molecule has 1 saturated heterocycles. The summed E-state index contributed by atoms with van der Waals surface area (Å²) in [5, 5.41) is 2.98. The molecule has 0 radical (unpaired) electrons. The fourth-order valence-corrected chi connectivity index (χ4v) is 2.72. The van der Waals surface area contributed by atoms with Crippen LogP contribution in [0.5, 0.6) is 0 Å². The van der Waals surface area contributed by atoms with E-state index < -0.39 is 0 Å². The Balaban J connectivity index is 1.60. The van der Waals surface area contributed by atoms with E-state index in [4.69, 9.17) is 0 Å². The summed E-state index contributed by atoms with van der Waals surface area (Å²) in [5.74, 6) is 2.11. The van der Waals surface area contributed by atoms with Gasteiger partial charge in [-0.3, -0.25) is 0 Å². The number of fused-ring (bicyclic) bond motifs is 1. The number of likely N-dealkylation sites (tertiary alicyclic amines) is 1. The second-order valence-electron chi connectivity index (χ2n) is 5.87. The molecule has 2 atom stereocenters. The molecule has 96 valence electrons. The molecule has 1 aliphatic carbocycles. The summed E-state index contributed by atoms with van der Waals surface area (Å²) >= 11 is 0. The van der Waals surface area contributed by atoms with Crippen molar-refractivity contribution in [2.45, 2.75) is 26.2 Å². The number of piperidine rings is 1. The van der Waals surface area contributed by atoms with Crippen LogP contribution in [0.15, 0.2) is 24.3 Å². The Labute approximate surface area is 108 Å². The van der Waals surface area contributed by atoms with Crippen LogP contribution in [0.4, 0.5) is 10.5 Å². The van der Waals surface area contributed by atoms with Gasteiger partial charge in [-0.25, -0.2) is 4.79 Å². The van der Waals surface area contributed by atoms with E-state index in [1.165, 1.54) is 12.0 Å². The Morgan fingerprint density at radius 2 is 1.83 bits per heavy atom. The Hall–Kier alpha value is -1.51. The first-order valence-corrected chi connectivity index (χ1v) is 6.79. The lowest BCUT2D eigenvalue weighted by Crippen LogP contribution is -2.34. The first-order chi connectivity index (χ1) is 8.63. The number of nitrogens with one attached hydrogen (secondary N) is 1. The topological polar surface area (TPSA) is 32.3 Å². The van der Waals surface area contributed by atoms with Crippen LogP contribution in [-0.2, 0) is 0 Å². The van der Waals surface area contributed by atoms with Crippen molar-refractivity contribution in [3.8, 4) is 0 Å². The van der Waals surface area contributed by atoms with Crippen molar-refractivity contribution in [3.63, 3.8) is 0 Å². The minimum atomic E-state index is 0.0551. The molecule has 2 aliphatic rings. The Morgan fingerprint density at radius 3 is 2.39 bits per heavy atom. The summed E-state index contributed by atoms with van der Waals surface area (Å²) in [5.41, 5.74) is 2.19. The van der Waals surface area contributed by atoms with E-state index >= 15 is 0 Å². The molecule has 3 heteroatoms. The number of carbonyl (C=O) groups is 1. The summed E-state index contributed by atoms with van der Waals surface area (Å²) < 4.78 is 0. The van der Waals surface area contributed by atoms with Gasteiger partial charge in [0.25, 0.3) is 0 Å². The third kappa shape index (κ3) is 2.22. The highest BCUT2D eigenvalue weighted by Crippen LogP contribution is 2.44. The summed E-state index contributed by atoms with van der Waals surface area (Å²) in [4.78, 5) is 14.0. The molecule has 3 rings (SSSR count). The van der Waals surface area contributed by atoms with Crippen LogP contribution < -0.4 is 5.32 Å². The van der Waals surface area contributed by atoms with E-state index in [9.17, 15) is 4.79 Å². The maximum absolute atomic E-state index is 12.0. The minimum Gasteiger partial charge on any atom is -0.324 e. The lowest BCUT2D eigenvalue weighted by Gasteiger charge is -2.18. The standard InChI is InChI=1S/C15H20N2O/c1-10(2)11-3-5-14(6-4-11)16-15(18)17-8-12-7-13(12)9-17/h3-6,10,12-13H,7-9H2,1-2H3,(H,16,18). The average Bonchev–Trinajstić information content (AvgIpc) is 2.96. The molecule has 1 saturated carbocycles. The van der Waals surface area contributed by atoms with Crippen molar-refractivity contribution in [2.75, 3.05) is 18.4 Å². The third-order valence-corrected chi connectivity index (χ3v) is 4.09.